The predicted octanol–water partition coefficient (Wildman–Crippen LogP) is 1.63. The average molecular weight is 262 g/mol. The number of rotatable bonds is 10. The molecule has 0 saturated heterocycles. The largest absolute Gasteiger partial charge is 0.314 e. The molecule has 0 amide bonds. The van der Waals surface area contributed by atoms with Gasteiger partial charge in [-0.2, -0.15) is 0 Å². The molecule has 0 spiro atoms. The van der Waals surface area contributed by atoms with Gasteiger partial charge in [-0.3, -0.25) is 0 Å². The van der Waals surface area contributed by atoms with Crippen molar-refractivity contribution in [3.8, 4) is 0 Å². The lowest BCUT2D eigenvalue weighted by Gasteiger charge is -2.13. The normalized spacial score (nSPS) is 18.2. The zero-order valence-corrected chi connectivity index (χ0v) is 11.9. The maximum absolute atomic E-state index is 11.7. The molecule has 1 atom stereocenters. The van der Waals surface area contributed by atoms with E-state index in [1.165, 1.54) is 12.8 Å². The second-order valence-corrected chi connectivity index (χ2v) is 6.94. The third-order valence-electron chi connectivity index (χ3n) is 2.95. The highest BCUT2D eigenvalue weighted by atomic mass is 32.2. The number of hydrogen-bond donors (Lipinski definition) is 2. The van der Waals surface area contributed by atoms with Crippen LogP contribution in [0.15, 0.2) is 0 Å². The van der Waals surface area contributed by atoms with E-state index in [1.807, 2.05) is 6.92 Å². The number of sulfonamides is 1. The lowest BCUT2D eigenvalue weighted by molar-refractivity contribution is 0.539. The highest BCUT2D eigenvalue weighted by Gasteiger charge is 2.19. The Morgan fingerprint density at radius 3 is 2.59 bits per heavy atom. The first-order valence-corrected chi connectivity index (χ1v) is 8.42. The molecule has 0 aromatic rings. The summed E-state index contributed by atoms with van der Waals surface area (Å²) in [6.07, 6.45) is 6.17. The summed E-state index contributed by atoms with van der Waals surface area (Å²) in [7, 11) is -3.07. The van der Waals surface area contributed by atoms with Gasteiger partial charge in [0.25, 0.3) is 0 Å². The molecular weight excluding hydrogens is 236 g/mol. The van der Waals surface area contributed by atoms with Crippen LogP contribution in [0.1, 0.15) is 52.4 Å². The molecule has 0 aromatic heterocycles. The molecule has 1 rings (SSSR count). The minimum atomic E-state index is -3.07. The smallest absolute Gasteiger partial charge is 0.211 e. The van der Waals surface area contributed by atoms with Gasteiger partial charge in [-0.05, 0) is 45.6 Å². The molecular formula is C12H26N2O2S. The van der Waals surface area contributed by atoms with Gasteiger partial charge in [0.2, 0.25) is 10.0 Å². The van der Waals surface area contributed by atoms with Crippen LogP contribution in [0.2, 0.25) is 0 Å². The minimum Gasteiger partial charge on any atom is -0.314 e. The molecule has 5 heteroatoms. The fraction of sp³-hybridized carbons (Fsp3) is 1.00. The summed E-state index contributed by atoms with van der Waals surface area (Å²) in [5.41, 5.74) is 0. The summed E-state index contributed by atoms with van der Waals surface area (Å²) in [5, 5.41) is 3.39. The third kappa shape index (κ3) is 7.73. The van der Waals surface area contributed by atoms with Crippen LogP contribution in [0.5, 0.6) is 0 Å². The molecule has 1 aliphatic carbocycles. The van der Waals surface area contributed by atoms with E-state index in [0.29, 0.717) is 6.04 Å². The van der Waals surface area contributed by atoms with E-state index in [4.69, 9.17) is 0 Å². The number of nitrogens with one attached hydrogen (secondary N) is 2. The number of unbranched alkanes of at least 4 members (excludes halogenated alkanes) is 1. The van der Waals surface area contributed by atoms with Crippen LogP contribution in [0, 0.1) is 0 Å². The van der Waals surface area contributed by atoms with Gasteiger partial charge in [0, 0.05) is 12.1 Å². The van der Waals surface area contributed by atoms with Crippen molar-refractivity contribution in [2.75, 3.05) is 12.3 Å². The zero-order chi connectivity index (χ0) is 12.7. The van der Waals surface area contributed by atoms with E-state index in [-0.39, 0.29) is 11.8 Å². The quantitative estimate of drug-likeness (QED) is 0.588. The third-order valence-corrected chi connectivity index (χ3v) is 4.54. The first-order valence-electron chi connectivity index (χ1n) is 6.77. The van der Waals surface area contributed by atoms with Crippen molar-refractivity contribution in [1.82, 2.24) is 10.0 Å². The molecule has 102 valence electrons. The molecule has 0 aromatic carbocycles. The second-order valence-electron chi connectivity index (χ2n) is 5.06. The van der Waals surface area contributed by atoms with Gasteiger partial charge in [-0.25, -0.2) is 13.1 Å². The van der Waals surface area contributed by atoms with Crippen molar-refractivity contribution in [2.45, 2.75) is 64.5 Å². The molecule has 1 aliphatic rings. The van der Waals surface area contributed by atoms with E-state index in [0.717, 1.165) is 32.2 Å². The molecule has 1 fully saturated rings. The fourth-order valence-electron chi connectivity index (χ4n) is 1.87. The van der Waals surface area contributed by atoms with Crippen molar-refractivity contribution < 1.29 is 8.42 Å². The highest BCUT2D eigenvalue weighted by molar-refractivity contribution is 7.89. The molecule has 1 unspecified atom stereocenters. The maximum Gasteiger partial charge on any atom is 0.211 e. The van der Waals surface area contributed by atoms with Crippen LogP contribution < -0.4 is 10.0 Å². The van der Waals surface area contributed by atoms with Gasteiger partial charge >= 0.3 is 0 Å². The summed E-state index contributed by atoms with van der Waals surface area (Å²) in [4.78, 5) is 0. The maximum atomic E-state index is 11.7. The zero-order valence-electron chi connectivity index (χ0n) is 11.0. The lowest BCUT2D eigenvalue weighted by atomic mass is 10.2. The number of hydrogen-bond acceptors (Lipinski definition) is 3. The summed E-state index contributed by atoms with van der Waals surface area (Å²) < 4.78 is 26.1. The van der Waals surface area contributed by atoms with Crippen LogP contribution in [0.25, 0.3) is 0 Å². The summed E-state index contributed by atoms with van der Waals surface area (Å²) >= 11 is 0. The molecule has 4 nitrogen and oxygen atoms in total. The van der Waals surface area contributed by atoms with Crippen molar-refractivity contribution in [1.29, 1.82) is 0 Å². The Kier molecular flexibility index (Phi) is 6.44. The Bertz CT molecular complexity index is 300. The SMILES string of the molecule is CCCC(C)NS(=O)(=O)CCCCNC1CC1. The van der Waals surface area contributed by atoms with Crippen LogP contribution in [0.3, 0.4) is 0 Å². The molecule has 1 saturated carbocycles. The fourth-order valence-corrected chi connectivity index (χ4v) is 3.30. The predicted molar refractivity (Wildman–Crippen MR) is 71.6 cm³/mol. The molecule has 0 radical (unpaired) electrons. The van der Waals surface area contributed by atoms with E-state index in [2.05, 4.69) is 17.0 Å². The highest BCUT2D eigenvalue weighted by Crippen LogP contribution is 2.18. The average Bonchev–Trinajstić information content (AvgIpc) is 3.00. The molecule has 2 N–H and O–H groups in total. The van der Waals surface area contributed by atoms with Gasteiger partial charge in [0.1, 0.15) is 0 Å². The van der Waals surface area contributed by atoms with Crippen LogP contribution in [0.4, 0.5) is 0 Å². The monoisotopic (exact) mass is 262 g/mol. The summed E-state index contributed by atoms with van der Waals surface area (Å²) in [6.45, 7) is 4.94. The van der Waals surface area contributed by atoms with Crippen LogP contribution >= 0.6 is 0 Å². The van der Waals surface area contributed by atoms with Crippen molar-refractivity contribution in [3.05, 3.63) is 0 Å². The van der Waals surface area contributed by atoms with Gasteiger partial charge in [0.15, 0.2) is 0 Å². The van der Waals surface area contributed by atoms with Crippen molar-refractivity contribution in [2.24, 2.45) is 0 Å². The van der Waals surface area contributed by atoms with Crippen LogP contribution in [-0.4, -0.2) is 32.8 Å². The first kappa shape index (κ1) is 14.9. The van der Waals surface area contributed by atoms with Crippen molar-refractivity contribution >= 4 is 10.0 Å². The van der Waals surface area contributed by atoms with Gasteiger partial charge in [-0.1, -0.05) is 13.3 Å². The molecule has 17 heavy (non-hydrogen) atoms. The van der Waals surface area contributed by atoms with E-state index in [1.54, 1.807) is 0 Å². The molecule has 0 aliphatic heterocycles. The Labute approximate surface area is 106 Å². The second kappa shape index (κ2) is 7.34. The molecule has 0 bridgehead atoms. The van der Waals surface area contributed by atoms with Crippen molar-refractivity contribution in [3.63, 3.8) is 0 Å². The topological polar surface area (TPSA) is 58.2 Å². The Morgan fingerprint density at radius 2 is 2.00 bits per heavy atom. The Morgan fingerprint density at radius 1 is 1.29 bits per heavy atom. The van der Waals surface area contributed by atoms with E-state index < -0.39 is 10.0 Å². The minimum absolute atomic E-state index is 0.0644. The van der Waals surface area contributed by atoms with Gasteiger partial charge < -0.3 is 5.32 Å². The first-order chi connectivity index (χ1) is 8.03. The Balaban J connectivity index is 2.05. The summed E-state index contributed by atoms with van der Waals surface area (Å²) in [6, 6.07) is 0.781. The molecule has 0 heterocycles. The lowest BCUT2D eigenvalue weighted by Crippen LogP contribution is -2.34. The van der Waals surface area contributed by atoms with Gasteiger partial charge in [0.05, 0.1) is 5.75 Å². The van der Waals surface area contributed by atoms with E-state index >= 15 is 0 Å². The standard InChI is InChI=1S/C12H26N2O2S/c1-3-6-11(2)14-17(15,16)10-5-4-9-13-12-7-8-12/h11-14H,3-10H2,1-2H3. The van der Waals surface area contributed by atoms with Crippen LogP contribution in [-0.2, 0) is 10.0 Å². The van der Waals surface area contributed by atoms with E-state index in [9.17, 15) is 8.42 Å². The Hall–Kier alpha value is -0.130. The summed E-state index contributed by atoms with van der Waals surface area (Å²) in [5.74, 6) is 0.257. The van der Waals surface area contributed by atoms with Gasteiger partial charge in [-0.15, -0.1) is 0 Å².